The third-order valence-corrected chi connectivity index (χ3v) is 5.74. The predicted octanol–water partition coefficient (Wildman–Crippen LogP) is 4.45. The third-order valence-electron chi connectivity index (χ3n) is 4.63. The molecule has 0 atom stereocenters. The molecule has 0 amide bonds. The molecule has 140 valence electrons. The zero-order chi connectivity index (χ0) is 19.6. The maximum Gasteiger partial charge on any atom is 0.307 e. The van der Waals surface area contributed by atoms with Gasteiger partial charge in [-0.1, -0.05) is 49.8 Å². The van der Waals surface area contributed by atoms with E-state index in [0.29, 0.717) is 4.90 Å². The van der Waals surface area contributed by atoms with E-state index >= 15 is 0 Å². The van der Waals surface area contributed by atoms with E-state index < -0.39 is 15.8 Å². The molecule has 1 N–H and O–H groups in total. The number of carbonyl (C=O) groups is 1. The van der Waals surface area contributed by atoms with Gasteiger partial charge in [-0.2, -0.15) is 0 Å². The average Bonchev–Trinajstić information content (AvgIpc) is 2.92. The molecule has 0 heterocycles. The fourth-order valence-electron chi connectivity index (χ4n) is 3.38. The van der Waals surface area contributed by atoms with Gasteiger partial charge in [-0.3, -0.25) is 4.79 Å². The fraction of sp³-hybridized carbons (Fsp3) is 0.227. The molecule has 0 spiro atoms. The van der Waals surface area contributed by atoms with Crippen molar-refractivity contribution in [2.45, 2.75) is 31.1 Å². The summed E-state index contributed by atoms with van der Waals surface area (Å²) in [6, 6.07) is 12.7. The minimum Gasteiger partial charge on any atom is -0.481 e. The molecule has 0 bridgehead atoms. The Morgan fingerprint density at radius 2 is 1.89 bits per heavy atom. The maximum atomic E-state index is 11.9. The van der Waals surface area contributed by atoms with Crippen molar-refractivity contribution in [2.24, 2.45) is 0 Å². The zero-order valence-electron chi connectivity index (χ0n) is 15.4. The van der Waals surface area contributed by atoms with Crippen molar-refractivity contribution in [1.29, 1.82) is 0 Å². The monoisotopic (exact) mass is 382 g/mol. The van der Waals surface area contributed by atoms with E-state index in [1.165, 1.54) is 6.26 Å². The first-order valence-corrected chi connectivity index (χ1v) is 10.8. The number of hydrogen-bond acceptors (Lipinski definition) is 3. The average molecular weight is 382 g/mol. The Balaban J connectivity index is 2.13. The van der Waals surface area contributed by atoms with E-state index in [4.69, 9.17) is 5.11 Å². The van der Waals surface area contributed by atoms with Crippen molar-refractivity contribution in [2.75, 3.05) is 6.26 Å². The highest BCUT2D eigenvalue weighted by atomic mass is 32.2. The van der Waals surface area contributed by atoms with Crippen LogP contribution in [0.4, 0.5) is 0 Å². The lowest BCUT2D eigenvalue weighted by atomic mass is 9.95. The van der Waals surface area contributed by atoms with Gasteiger partial charge < -0.3 is 5.11 Å². The summed E-state index contributed by atoms with van der Waals surface area (Å²) >= 11 is 0. The van der Waals surface area contributed by atoms with Crippen LogP contribution in [-0.2, 0) is 21.1 Å². The lowest BCUT2D eigenvalue weighted by molar-refractivity contribution is -0.136. The summed E-state index contributed by atoms with van der Waals surface area (Å²) in [5.41, 5.74) is 5.68. The van der Waals surface area contributed by atoms with Gasteiger partial charge in [0.25, 0.3) is 0 Å². The number of hydrogen-bond donors (Lipinski definition) is 1. The number of aliphatic carboxylic acids is 1. The largest absolute Gasteiger partial charge is 0.481 e. The van der Waals surface area contributed by atoms with E-state index in [1.54, 1.807) is 12.1 Å². The number of benzene rings is 2. The molecule has 1 aliphatic rings. The quantitative estimate of drug-likeness (QED) is 0.801. The van der Waals surface area contributed by atoms with E-state index in [0.717, 1.165) is 46.2 Å². The normalized spacial score (nSPS) is 14.9. The van der Waals surface area contributed by atoms with Crippen molar-refractivity contribution in [3.63, 3.8) is 0 Å². The van der Waals surface area contributed by atoms with Crippen LogP contribution in [0.5, 0.6) is 0 Å². The summed E-state index contributed by atoms with van der Waals surface area (Å²) < 4.78 is 23.7. The van der Waals surface area contributed by atoms with Gasteiger partial charge in [0, 0.05) is 6.26 Å². The van der Waals surface area contributed by atoms with Crippen LogP contribution < -0.4 is 0 Å². The number of sulfone groups is 1. The number of fused-ring (bicyclic) bond motifs is 1. The topological polar surface area (TPSA) is 71.4 Å². The molecule has 0 radical (unpaired) electrons. The van der Waals surface area contributed by atoms with Gasteiger partial charge in [-0.15, -0.1) is 0 Å². The summed E-state index contributed by atoms with van der Waals surface area (Å²) in [6.07, 6.45) is 7.07. The van der Waals surface area contributed by atoms with Gasteiger partial charge >= 0.3 is 5.97 Å². The lowest BCUT2D eigenvalue weighted by Crippen LogP contribution is -2.02. The van der Waals surface area contributed by atoms with E-state index in [2.05, 4.69) is 6.92 Å². The van der Waals surface area contributed by atoms with Gasteiger partial charge in [0.1, 0.15) is 0 Å². The minimum absolute atomic E-state index is 0.0351. The molecule has 5 heteroatoms. The molecular weight excluding hydrogens is 360 g/mol. The molecule has 3 rings (SSSR count). The Hall–Kier alpha value is -2.66. The highest BCUT2D eigenvalue weighted by Crippen LogP contribution is 2.40. The highest BCUT2D eigenvalue weighted by Gasteiger charge is 2.21. The van der Waals surface area contributed by atoms with Crippen molar-refractivity contribution >= 4 is 33.5 Å². The number of carboxylic acids is 1. The summed E-state index contributed by atoms with van der Waals surface area (Å²) in [6.45, 7) is 2.10. The smallest absolute Gasteiger partial charge is 0.307 e. The second kappa shape index (κ2) is 7.53. The van der Waals surface area contributed by atoms with Crippen LogP contribution in [0.1, 0.15) is 42.0 Å². The van der Waals surface area contributed by atoms with Crippen LogP contribution in [0, 0.1) is 0 Å². The Labute approximate surface area is 159 Å². The molecule has 1 aliphatic carbocycles. The van der Waals surface area contributed by atoms with Gasteiger partial charge in [0.2, 0.25) is 0 Å². The first-order chi connectivity index (χ1) is 12.8. The molecule has 0 aliphatic heterocycles. The molecule has 0 fully saturated rings. The second-order valence-electron chi connectivity index (χ2n) is 6.77. The SMILES string of the molecule is CCCC1=Cc2cc(S(C)(=O)=O)ccc2/C1=C\c1ccccc1CC(=O)O. The van der Waals surface area contributed by atoms with Crippen LogP contribution in [-0.4, -0.2) is 25.7 Å². The zero-order valence-corrected chi connectivity index (χ0v) is 16.2. The molecular formula is C22H22O4S. The van der Waals surface area contributed by atoms with Crippen molar-refractivity contribution < 1.29 is 18.3 Å². The molecule has 27 heavy (non-hydrogen) atoms. The minimum atomic E-state index is -3.26. The van der Waals surface area contributed by atoms with Gasteiger partial charge in [0.05, 0.1) is 11.3 Å². The maximum absolute atomic E-state index is 11.9. The Bertz CT molecular complexity index is 1060. The van der Waals surface area contributed by atoms with Gasteiger partial charge in [-0.05, 0) is 58.0 Å². The third kappa shape index (κ3) is 4.19. The molecule has 0 aromatic heterocycles. The van der Waals surface area contributed by atoms with Gasteiger partial charge in [0.15, 0.2) is 9.84 Å². The standard InChI is InChI=1S/C22H22O4S/c1-3-6-17-11-18-12-19(27(2,25)26)9-10-20(18)21(17)13-15-7-4-5-8-16(15)14-22(23)24/h4-5,7-13H,3,6,14H2,1-2H3,(H,23,24)/b21-13-. The van der Waals surface area contributed by atoms with E-state index in [1.807, 2.05) is 42.5 Å². The first-order valence-electron chi connectivity index (χ1n) is 8.86. The number of rotatable bonds is 6. The van der Waals surface area contributed by atoms with E-state index in [9.17, 15) is 13.2 Å². The number of carboxylic acid groups (broad SMARTS) is 1. The van der Waals surface area contributed by atoms with Crippen molar-refractivity contribution in [1.82, 2.24) is 0 Å². The first kappa shape index (κ1) is 19.1. The summed E-state index contributed by atoms with van der Waals surface area (Å²) in [5, 5.41) is 9.16. The van der Waals surface area contributed by atoms with E-state index in [-0.39, 0.29) is 6.42 Å². The molecule has 2 aromatic carbocycles. The molecule has 4 nitrogen and oxygen atoms in total. The summed E-state index contributed by atoms with van der Waals surface area (Å²) in [4.78, 5) is 11.5. The Kier molecular flexibility index (Phi) is 5.33. The molecule has 2 aromatic rings. The summed E-state index contributed by atoms with van der Waals surface area (Å²) in [5.74, 6) is -0.866. The van der Waals surface area contributed by atoms with Crippen LogP contribution in [0.15, 0.2) is 52.9 Å². The van der Waals surface area contributed by atoms with Crippen LogP contribution in [0.25, 0.3) is 17.7 Å². The number of allylic oxidation sites excluding steroid dienone is 2. The Morgan fingerprint density at radius 1 is 1.15 bits per heavy atom. The molecule has 0 saturated heterocycles. The van der Waals surface area contributed by atoms with Crippen molar-refractivity contribution in [3.8, 4) is 0 Å². The van der Waals surface area contributed by atoms with Gasteiger partial charge in [-0.25, -0.2) is 8.42 Å². The Morgan fingerprint density at radius 3 is 2.56 bits per heavy atom. The summed E-state index contributed by atoms with van der Waals surface area (Å²) in [7, 11) is -3.26. The molecule has 0 unspecified atom stereocenters. The van der Waals surface area contributed by atoms with Crippen LogP contribution in [0.2, 0.25) is 0 Å². The molecule has 0 saturated carbocycles. The second-order valence-corrected chi connectivity index (χ2v) is 8.78. The highest BCUT2D eigenvalue weighted by molar-refractivity contribution is 7.90. The fourth-order valence-corrected chi connectivity index (χ4v) is 4.03. The predicted molar refractivity (Wildman–Crippen MR) is 108 cm³/mol. The van der Waals surface area contributed by atoms with Crippen molar-refractivity contribution in [3.05, 3.63) is 70.3 Å². The lowest BCUT2D eigenvalue weighted by Gasteiger charge is -2.10. The van der Waals surface area contributed by atoms with Crippen LogP contribution >= 0.6 is 0 Å². The van der Waals surface area contributed by atoms with Crippen LogP contribution in [0.3, 0.4) is 0 Å².